The largest absolute Gasteiger partial charge is 0.453 e. The lowest BCUT2D eigenvalue weighted by molar-refractivity contribution is -0.227. The molecule has 8 aliphatic rings. The van der Waals surface area contributed by atoms with Crippen LogP contribution in [-0.4, -0.2) is 62.9 Å². The van der Waals surface area contributed by atoms with Gasteiger partial charge in [-0.1, -0.05) is 96.8 Å². The fraction of sp³-hybridized carbons (Fsp3) is 0.792. The van der Waals surface area contributed by atoms with Gasteiger partial charge < -0.3 is 25.6 Å². The Morgan fingerprint density at radius 3 is 2.14 bits per heavy atom. The lowest BCUT2D eigenvalue weighted by Crippen LogP contribution is -2.65. The van der Waals surface area contributed by atoms with Crippen LogP contribution in [-0.2, 0) is 14.3 Å². The maximum Gasteiger partial charge on any atom is 0.422 e. The molecular formula is C48H81BF3N2O5. The number of aliphatic hydroxyl groups is 1. The van der Waals surface area contributed by atoms with Crippen LogP contribution < -0.4 is 11.1 Å². The van der Waals surface area contributed by atoms with Crippen molar-refractivity contribution in [2.24, 2.45) is 63.9 Å². The van der Waals surface area contributed by atoms with Gasteiger partial charge >= 0.3 is 18.2 Å². The Kier molecular flexibility index (Phi) is 15.1. The maximum absolute atomic E-state index is 11.7. The van der Waals surface area contributed by atoms with Gasteiger partial charge in [-0.2, -0.15) is 13.2 Å². The number of amides is 1. The lowest BCUT2D eigenvalue weighted by Gasteiger charge is -2.72. The van der Waals surface area contributed by atoms with Crippen molar-refractivity contribution in [3.8, 4) is 0 Å². The average molecular weight is 842 g/mol. The Bertz CT molecular complexity index is 1780. The minimum Gasteiger partial charge on any atom is -0.453 e. The topological polar surface area (TPSA) is 111 Å². The van der Waals surface area contributed by atoms with Crippen LogP contribution in [0.3, 0.4) is 0 Å². The molecule has 0 aliphatic heterocycles. The number of nitrogens with one attached hydrogen (secondary N) is 1. The van der Waals surface area contributed by atoms with Crippen molar-refractivity contribution in [2.45, 2.75) is 176 Å². The molecule has 4 bridgehead atoms. The van der Waals surface area contributed by atoms with Crippen LogP contribution >= 0.6 is 0 Å². The molecule has 7 saturated carbocycles. The number of aliphatic hydroxyl groups excluding tert-OH is 1. The first kappa shape index (κ1) is 40.5. The number of carbonyl (C=O) groups is 2. The number of rotatable bonds is 6. The van der Waals surface area contributed by atoms with Gasteiger partial charge in [0.1, 0.15) is 5.60 Å². The number of nitrogens with two attached hydrogens (primary N) is 1. The van der Waals surface area contributed by atoms with E-state index in [4.69, 9.17) is 21.4 Å². The Hall–Kier alpha value is -2.53. The SMILES string of the molecule is C=CC(=O)OCC(F)(F)F.[2H]C([2H])=CC(=C)C.[2H]C1([2H])C=C(C)CC[C@@]1([2H])NC(=O)OC(C)(C)C.[2H]C1([2H])[C@H](N)CC[C@@H](C)[C@@H]1O.[2H][B][C@H]1C[C@H]2C[C@@H]([C@@H]1C)C2(C)[C@H]1C[C@H]2C[C@@H]([C@@H]1C)C2(C)C. The summed E-state index contributed by atoms with van der Waals surface area (Å²) in [4.78, 5) is 21.7. The number of carbonyl (C=O) groups excluding carboxylic acids is 2. The van der Waals surface area contributed by atoms with Gasteiger partial charge in [0.15, 0.2) is 6.61 Å². The molecule has 59 heavy (non-hydrogen) atoms. The van der Waals surface area contributed by atoms with E-state index < -0.39 is 61.4 Å². The van der Waals surface area contributed by atoms with E-state index in [0.717, 1.165) is 59.0 Å². The standard InChI is InChI=1S/C19H32B.C12H21NO2.C7H15NO.C5H5F3O2.C5H8/c1-10-14-6-12(18(14,3)4)7-15(10)19(5)13-8-16(19)11(2)17(20)9-13;1-9-5-7-10(8-6-9)13-11(14)15-12(2,3)4;1-5-2-3-6(8)4-7(5)9;1-2-4(9)10-3-5(6,7)8;1-4-5(2)3/h10-17,20H,6-9H2,1-5H3;5,10H,6-8H2,1-4H3,(H,13,14);5-7,9H,2-4,8H2,1H3;2H,1,3H2;4H,1-2H2,3H3/t10-,11-,12+,13+,14-,15-,16-,17-,19?;10-;5-,6-,7-;;/m001../s1/i20D;7D2,10D;4D2;;1D2. The van der Waals surface area contributed by atoms with E-state index >= 15 is 0 Å². The summed E-state index contributed by atoms with van der Waals surface area (Å²) >= 11 is 0. The van der Waals surface area contributed by atoms with Crippen molar-refractivity contribution in [3.05, 3.63) is 49.1 Å². The van der Waals surface area contributed by atoms with Crippen molar-refractivity contribution in [3.63, 3.8) is 0 Å². The van der Waals surface area contributed by atoms with Crippen molar-refractivity contribution in [1.82, 2.24) is 5.32 Å². The number of ether oxygens (including phenoxy) is 2. The molecule has 0 saturated heterocycles. The molecule has 0 aromatic heterocycles. The summed E-state index contributed by atoms with van der Waals surface area (Å²) in [5.41, 5.74) is 7.74. The van der Waals surface area contributed by atoms with Crippen molar-refractivity contribution >= 4 is 19.9 Å². The molecule has 8 aliphatic carbocycles. The first-order valence-corrected chi connectivity index (χ1v) is 21.3. The molecule has 0 aromatic rings. The zero-order valence-electron chi connectivity index (χ0n) is 45.7. The molecule has 8 rings (SSSR count). The Labute approximate surface area is 368 Å². The number of fused-ring (bicyclic) bond motifs is 5. The molecule has 1 amide bonds. The lowest BCUT2D eigenvalue weighted by atomic mass is 9.32. The molecule has 7 nitrogen and oxygen atoms in total. The van der Waals surface area contributed by atoms with Crippen LogP contribution in [0.5, 0.6) is 0 Å². The van der Waals surface area contributed by atoms with Crippen LogP contribution in [0.15, 0.2) is 49.1 Å². The third-order valence-electron chi connectivity index (χ3n) is 13.8. The van der Waals surface area contributed by atoms with Crippen LogP contribution in [0.1, 0.15) is 150 Å². The van der Waals surface area contributed by atoms with Gasteiger partial charge in [0.2, 0.25) is 0 Å². The summed E-state index contributed by atoms with van der Waals surface area (Å²) in [6.45, 7) is 28.0. The molecule has 0 aromatic carbocycles. The van der Waals surface area contributed by atoms with Gasteiger partial charge in [-0.25, -0.2) is 9.59 Å². The second kappa shape index (κ2) is 22.0. The molecule has 337 valence electrons. The third kappa shape index (κ3) is 15.4. The van der Waals surface area contributed by atoms with Crippen molar-refractivity contribution in [2.75, 3.05) is 6.61 Å². The number of alkyl carbamates (subject to hydrolysis) is 1. The first-order chi connectivity index (χ1) is 30.3. The first-order valence-electron chi connectivity index (χ1n) is 25.4. The summed E-state index contributed by atoms with van der Waals surface area (Å²) in [5.74, 6) is 5.96. The molecule has 1 radical (unpaired) electrons. The quantitative estimate of drug-likeness (QED) is 0.0808. The second-order valence-corrected chi connectivity index (χ2v) is 19.7. The summed E-state index contributed by atoms with van der Waals surface area (Å²) in [6, 6.07) is -2.18. The molecular weight excluding hydrogens is 752 g/mol. The predicted octanol–water partition coefficient (Wildman–Crippen LogP) is 11.2. The summed E-state index contributed by atoms with van der Waals surface area (Å²) in [5, 5.41) is 11.8. The molecule has 11 heteroatoms. The van der Waals surface area contributed by atoms with Gasteiger partial charge in [-0.3, -0.25) is 0 Å². The second-order valence-electron chi connectivity index (χ2n) is 19.7. The highest BCUT2D eigenvalue weighted by Gasteiger charge is 2.66. The van der Waals surface area contributed by atoms with Crippen LogP contribution in [0.4, 0.5) is 18.0 Å². The third-order valence-corrected chi connectivity index (χ3v) is 13.8. The minimum atomic E-state index is -4.46. The van der Waals surface area contributed by atoms with Gasteiger partial charge in [-0.15, -0.1) is 0 Å². The molecule has 13 atom stereocenters. The maximum atomic E-state index is 11.7. The normalized spacial score (nSPS) is 41.0. The molecule has 7 fully saturated rings. The van der Waals surface area contributed by atoms with Gasteiger partial charge in [0, 0.05) is 23.6 Å². The summed E-state index contributed by atoms with van der Waals surface area (Å²) in [7, 11) is 1.76. The van der Waals surface area contributed by atoms with E-state index in [2.05, 4.69) is 57.8 Å². The number of hydrogen-bond acceptors (Lipinski definition) is 6. The molecule has 0 heterocycles. The molecule has 1 unspecified atom stereocenters. The van der Waals surface area contributed by atoms with E-state index in [1.807, 2.05) is 13.8 Å². The fourth-order valence-corrected chi connectivity index (χ4v) is 9.96. The number of hydrogen-bond donors (Lipinski definition) is 3. The van der Waals surface area contributed by atoms with E-state index in [9.17, 15) is 27.9 Å². The molecule has 0 spiro atoms. The number of halogens is 3. The summed E-state index contributed by atoms with van der Waals surface area (Å²) in [6.07, 6.45) is 1.96. The van der Waals surface area contributed by atoms with Crippen molar-refractivity contribution < 1.29 is 46.9 Å². The highest BCUT2D eigenvalue weighted by molar-refractivity contribution is 6.12. The van der Waals surface area contributed by atoms with E-state index in [-0.39, 0.29) is 18.9 Å². The zero-order chi connectivity index (χ0) is 52.1. The minimum absolute atomic E-state index is 0.0322. The average Bonchev–Trinajstić information content (AvgIpc) is 3.18. The van der Waals surface area contributed by atoms with Crippen LogP contribution in [0.25, 0.3) is 0 Å². The zero-order valence-corrected chi connectivity index (χ0v) is 37.7. The number of allylic oxidation sites excluding steroid dienone is 3. The number of alkyl halides is 3. The van der Waals surface area contributed by atoms with E-state index in [1.165, 1.54) is 37.8 Å². The Morgan fingerprint density at radius 2 is 1.68 bits per heavy atom. The highest BCUT2D eigenvalue weighted by Crippen LogP contribution is 2.74. The van der Waals surface area contributed by atoms with E-state index in [1.54, 1.807) is 35.5 Å². The molecule has 4 N–H and O–H groups in total. The van der Waals surface area contributed by atoms with Crippen molar-refractivity contribution in [1.29, 1.82) is 1.34 Å². The monoisotopic (exact) mass is 842 g/mol. The van der Waals surface area contributed by atoms with Crippen LogP contribution in [0.2, 0.25) is 5.82 Å². The Balaban J connectivity index is 0.000000305. The van der Waals surface area contributed by atoms with Gasteiger partial charge in [0.05, 0.1) is 18.0 Å². The predicted molar refractivity (Wildman–Crippen MR) is 237 cm³/mol. The fourth-order valence-electron chi connectivity index (χ4n) is 9.96. The highest BCUT2D eigenvalue weighted by atomic mass is 19.4. The van der Waals surface area contributed by atoms with Crippen LogP contribution in [0, 0.1) is 58.2 Å². The van der Waals surface area contributed by atoms with E-state index in [0.29, 0.717) is 35.6 Å². The van der Waals surface area contributed by atoms with Gasteiger partial charge in [-0.05, 0) is 152 Å². The number of esters is 1. The summed E-state index contributed by atoms with van der Waals surface area (Å²) < 4.78 is 102. The smallest absolute Gasteiger partial charge is 0.422 e. The Morgan fingerprint density at radius 1 is 1.07 bits per heavy atom. The van der Waals surface area contributed by atoms with Gasteiger partial charge in [0.25, 0.3) is 0 Å².